The number of carbonyl (C=O) groups is 1. The molecule has 0 bridgehead atoms. The van der Waals surface area contributed by atoms with Gasteiger partial charge in [0, 0.05) is 36.9 Å². The first-order chi connectivity index (χ1) is 12.0. The van der Waals surface area contributed by atoms with Crippen molar-refractivity contribution in [3.05, 3.63) is 64.7 Å². The van der Waals surface area contributed by atoms with Crippen LogP contribution in [0.1, 0.15) is 24.1 Å². The number of hydrogen-bond donors (Lipinski definition) is 1. The van der Waals surface area contributed by atoms with Crippen LogP contribution in [0.4, 0.5) is 10.5 Å². The summed E-state index contributed by atoms with van der Waals surface area (Å²) in [6, 6.07) is 16.0. The number of aryl methyl sites for hydroxylation is 1. The maximum Gasteiger partial charge on any atom is 0.317 e. The number of rotatable bonds is 3. The highest BCUT2D eigenvalue weighted by atomic mass is 35.5. The van der Waals surface area contributed by atoms with Gasteiger partial charge in [-0.05, 0) is 43.2 Å². The highest BCUT2D eigenvalue weighted by Gasteiger charge is 2.23. The standard InChI is InChI=1S/C20H24ClN3O/c1-15-6-5-7-17(14-15)23-10-12-24(13-11-23)20(25)22-16(2)18-8-3-4-9-19(18)21/h3-9,14,16H,10-13H2,1-2H3,(H,22,25). The second-order valence-corrected chi connectivity index (χ2v) is 6.91. The van der Waals surface area contributed by atoms with E-state index >= 15 is 0 Å². The van der Waals surface area contributed by atoms with Gasteiger partial charge in [0.05, 0.1) is 6.04 Å². The number of benzene rings is 2. The Balaban J connectivity index is 1.56. The molecule has 0 radical (unpaired) electrons. The van der Waals surface area contributed by atoms with Crippen LogP contribution in [0.2, 0.25) is 5.02 Å². The van der Waals surface area contributed by atoms with Crippen LogP contribution in [0.5, 0.6) is 0 Å². The van der Waals surface area contributed by atoms with E-state index in [1.807, 2.05) is 36.1 Å². The van der Waals surface area contributed by atoms with Crippen LogP contribution in [-0.4, -0.2) is 37.1 Å². The fraction of sp³-hybridized carbons (Fsp3) is 0.350. The van der Waals surface area contributed by atoms with Gasteiger partial charge in [0.2, 0.25) is 0 Å². The zero-order valence-electron chi connectivity index (χ0n) is 14.7. The quantitative estimate of drug-likeness (QED) is 0.891. The Kier molecular flexibility index (Phi) is 5.49. The Hall–Kier alpha value is -2.20. The summed E-state index contributed by atoms with van der Waals surface area (Å²) in [6.07, 6.45) is 0. The number of nitrogens with one attached hydrogen (secondary N) is 1. The lowest BCUT2D eigenvalue weighted by molar-refractivity contribution is 0.191. The Morgan fingerprint density at radius 3 is 2.48 bits per heavy atom. The molecule has 0 aromatic heterocycles. The van der Waals surface area contributed by atoms with Crippen LogP contribution in [-0.2, 0) is 0 Å². The summed E-state index contributed by atoms with van der Waals surface area (Å²) in [4.78, 5) is 16.7. The molecule has 0 saturated carbocycles. The number of anilines is 1. The van der Waals surface area contributed by atoms with Crippen molar-refractivity contribution < 1.29 is 4.79 Å². The topological polar surface area (TPSA) is 35.6 Å². The van der Waals surface area contributed by atoms with Crippen LogP contribution < -0.4 is 10.2 Å². The molecular formula is C20H24ClN3O. The summed E-state index contributed by atoms with van der Waals surface area (Å²) in [5, 5.41) is 3.73. The van der Waals surface area contributed by atoms with Crippen molar-refractivity contribution in [1.29, 1.82) is 0 Å². The van der Waals surface area contributed by atoms with Crippen molar-refractivity contribution >= 4 is 23.3 Å². The van der Waals surface area contributed by atoms with Crippen molar-refractivity contribution in [1.82, 2.24) is 10.2 Å². The normalized spacial score (nSPS) is 15.8. The van der Waals surface area contributed by atoms with Gasteiger partial charge in [0.15, 0.2) is 0 Å². The minimum absolute atomic E-state index is 0.0312. The van der Waals surface area contributed by atoms with E-state index in [0.29, 0.717) is 5.02 Å². The van der Waals surface area contributed by atoms with Gasteiger partial charge >= 0.3 is 6.03 Å². The van der Waals surface area contributed by atoms with Crippen molar-refractivity contribution in [2.75, 3.05) is 31.1 Å². The fourth-order valence-electron chi connectivity index (χ4n) is 3.17. The van der Waals surface area contributed by atoms with Crippen molar-refractivity contribution in [2.24, 2.45) is 0 Å². The van der Waals surface area contributed by atoms with Gasteiger partial charge in [-0.25, -0.2) is 4.79 Å². The zero-order chi connectivity index (χ0) is 17.8. The fourth-order valence-corrected chi connectivity index (χ4v) is 3.47. The molecule has 1 unspecified atom stereocenters. The van der Waals surface area contributed by atoms with Crippen molar-refractivity contribution in [3.8, 4) is 0 Å². The monoisotopic (exact) mass is 357 g/mol. The van der Waals surface area contributed by atoms with E-state index in [1.165, 1.54) is 11.3 Å². The molecule has 1 heterocycles. The molecule has 2 amide bonds. The number of halogens is 1. The Morgan fingerprint density at radius 2 is 1.80 bits per heavy atom. The number of urea groups is 1. The molecule has 1 N–H and O–H groups in total. The van der Waals surface area contributed by atoms with Crippen LogP contribution >= 0.6 is 11.6 Å². The van der Waals surface area contributed by atoms with Gasteiger partial charge in [-0.3, -0.25) is 0 Å². The van der Waals surface area contributed by atoms with Gasteiger partial charge in [-0.1, -0.05) is 41.9 Å². The minimum atomic E-state index is -0.115. The summed E-state index contributed by atoms with van der Waals surface area (Å²) in [5.74, 6) is 0. The van der Waals surface area contributed by atoms with Gasteiger partial charge in [0.25, 0.3) is 0 Å². The van der Waals surface area contributed by atoms with E-state index in [4.69, 9.17) is 11.6 Å². The van der Waals surface area contributed by atoms with Crippen molar-refractivity contribution in [3.63, 3.8) is 0 Å². The molecule has 1 aliphatic rings. The first-order valence-corrected chi connectivity index (χ1v) is 9.04. The average Bonchev–Trinajstić information content (AvgIpc) is 2.62. The largest absolute Gasteiger partial charge is 0.368 e. The third-order valence-corrected chi connectivity index (χ3v) is 4.99. The molecule has 5 heteroatoms. The molecule has 1 aliphatic heterocycles. The Morgan fingerprint density at radius 1 is 1.08 bits per heavy atom. The number of piperazine rings is 1. The van der Waals surface area contributed by atoms with Gasteiger partial charge < -0.3 is 15.1 Å². The van der Waals surface area contributed by atoms with Crippen LogP contribution in [0.25, 0.3) is 0 Å². The minimum Gasteiger partial charge on any atom is -0.368 e. The third-order valence-electron chi connectivity index (χ3n) is 4.65. The van der Waals surface area contributed by atoms with E-state index < -0.39 is 0 Å². The Bertz CT molecular complexity index is 741. The number of nitrogens with zero attached hydrogens (tertiary/aromatic N) is 2. The second kappa shape index (κ2) is 7.79. The van der Waals surface area contributed by atoms with E-state index in [2.05, 4.69) is 41.4 Å². The Labute approximate surface area is 154 Å². The molecule has 4 nitrogen and oxygen atoms in total. The molecular weight excluding hydrogens is 334 g/mol. The summed E-state index contributed by atoms with van der Waals surface area (Å²) in [6.45, 7) is 7.18. The lowest BCUT2D eigenvalue weighted by Gasteiger charge is -2.36. The molecule has 0 aliphatic carbocycles. The van der Waals surface area contributed by atoms with E-state index in [-0.39, 0.29) is 12.1 Å². The first kappa shape index (κ1) is 17.6. The highest BCUT2D eigenvalue weighted by Crippen LogP contribution is 2.23. The summed E-state index contributed by atoms with van der Waals surface area (Å²) >= 11 is 6.22. The number of carbonyl (C=O) groups excluding carboxylic acids is 1. The number of hydrogen-bond acceptors (Lipinski definition) is 2. The van der Waals surface area contributed by atoms with Crippen LogP contribution in [0.3, 0.4) is 0 Å². The molecule has 25 heavy (non-hydrogen) atoms. The van der Waals surface area contributed by atoms with E-state index in [1.54, 1.807) is 0 Å². The summed E-state index contributed by atoms with van der Waals surface area (Å²) in [5.41, 5.74) is 3.42. The predicted octanol–water partition coefficient (Wildman–Crippen LogP) is 4.24. The molecule has 1 fully saturated rings. The molecule has 0 spiro atoms. The van der Waals surface area contributed by atoms with Gasteiger partial charge in [-0.15, -0.1) is 0 Å². The third kappa shape index (κ3) is 4.26. The maximum atomic E-state index is 12.5. The maximum absolute atomic E-state index is 12.5. The van der Waals surface area contributed by atoms with E-state index in [9.17, 15) is 4.79 Å². The van der Waals surface area contributed by atoms with E-state index in [0.717, 1.165) is 31.7 Å². The number of amides is 2. The molecule has 2 aromatic carbocycles. The lowest BCUT2D eigenvalue weighted by atomic mass is 10.1. The molecule has 1 atom stereocenters. The van der Waals surface area contributed by atoms with Gasteiger partial charge in [-0.2, -0.15) is 0 Å². The van der Waals surface area contributed by atoms with Gasteiger partial charge in [0.1, 0.15) is 0 Å². The first-order valence-electron chi connectivity index (χ1n) is 8.66. The molecule has 3 rings (SSSR count). The highest BCUT2D eigenvalue weighted by molar-refractivity contribution is 6.31. The molecule has 132 valence electrons. The zero-order valence-corrected chi connectivity index (χ0v) is 15.5. The molecule has 2 aromatic rings. The molecule has 1 saturated heterocycles. The lowest BCUT2D eigenvalue weighted by Crippen LogP contribution is -2.52. The predicted molar refractivity (Wildman–Crippen MR) is 103 cm³/mol. The average molecular weight is 358 g/mol. The van der Waals surface area contributed by atoms with Crippen LogP contribution in [0, 0.1) is 6.92 Å². The summed E-state index contributed by atoms with van der Waals surface area (Å²) < 4.78 is 0. The second-order valence-electron chi connectivity index (χ2n) is 6.51. The SMILES string of the molecule is Cc1cccc(N2CCN(C(=O)NC(C)c3ccccc3Cl)CC2)c1. The van der Waals surface area contributed by atoms with Crippen molar-refractivity contribution in [2.45, 2.75) is 19.9 Å². The summed E-state index contributed by atoms with van der Waals surface area (Å²) in [7, 11) is 0. The smallest absolute Gasteiger partial charge is 0.317 e. The van der Waals surface area contributed by atoms with Crippen LogP contribution in [0.15, 0.2) is 48.5 Å².